The molecule has 1 aromatic rings. The highest BCUT2D eigenvalue weighted by molar-refractivity contribution is 5.78. The Balaban J connectivity index is 2.61. The largest absolute Gasteiger partial charge is 0.433 e. The van der Waals surface area contributed by atoms with E-state index in [0.29, 0.717) is 6.07 Å². The van der Waals surface area contributed by atoms with E-state index in [1.165, 1.54) is 0 Å². The second-order valence-electron chi connectivity index (χ2n) is 3.07. The van der Waals surface area contributed by atoms with E-state index >= 15 is 0 Å². The first-order valence-electron chi connectivity index (χ1n) is 4.38. The zero-order valence-electron chi connectivity index (χ0n) is 8.26. The minimum atomic E-state index is -4.55. The van der Waals surface area contributed by atoms with Crippen molar-refractivity contribution in [2.75, 3.05) is 0 Å². The van der Waals surface area contributed by atoms with Crippen molar-refractivity contribution in [2.45, 2.75) is 19.1 Å². The fourth-order valence-corrected chi connectivity index (χ4v) is 0.963. The monoisotopic (exact) mass is 254 g/mol. The molecule has 0 aliphatic carbocycles. The van der Waals surface area contributed by atoms with Crippen molar-refractivity contribution in [3.8, 4) is 0 Å². The maximum absolute atomic E-state index is 12.1. The smallest absolute Gasteiger partial charge is 0.347 e. The molecule has 8 heteroatoms. The van der Waals surface area contributed by atoms with Crippen LogP contribution in [-0.4, -0.2) is 17.3 Å². The molecule has 1 amide bonds. The van der Waals surface area contributed by atoms with Gasteiger partial charge in [0, 0.05) is 12.7 Å². The van der Waals surface area contributed by atoms with Crippen molar-refractivity contribution in [3.05, 3.63) is 29.6 Å². The van der Waals surface area contributed by atoms with Gasteiger partial charge in [-0.3, -0.25) is 9.78 Å². The lowest BCUT2D eigenvalue weighted by molar-refractivity contribution is -0.141. The zero-order valence-corrected chi connectivity index (χ0v) is 8.26. The lowest BCUT2D eigenvalue weighted by atomic mass is 10.2. The summed E-state index contributed by atoms with van der Waals surface area (Å²) in [6.45, 7) is -0.297. The van der Waals surface area contributed by atoms with E-state index in [0.717, 1.165) is 12.3 Å². The molecule has 0 aromatic carbocycles. The molecule has 0 saturated heterocycles. The number of aromatic nitrogens is 1. The number of halogens is 5. The van der Waals surface area contributed by atoms with Crippen molar-refractivity contribution in [1.29, 1.82) is 0 Å². The average Bonchev–Trinajstić information content (AvgIpc) is 2.25. The van der Waals surface area contributed by atoms with E-state index in [9.17, 15) is 26.7 Å². The molecule has 17 heavy (non-hydrogen) atoms. The maximum atomic E-state index is 12.1. The molecule has 1 heterocycles. The Labute approximate surface area is 92.6 Å². The topological polar surface area (TPSA) is 42.0 Å². The minimum absolute atomic E-state index is 0.201. The lowest BCUT2D eigenvalue weighted by Gasteiger charge is -2.07. The lowest BCUT2D eigenvalue weighted by Crippen LogP contribution is -2.28. The maximum Gasteiger partial charge on any atom is 0.433 e. The Hall–Kier alpha value is -1.73. The average molecular weight is 254 g/mol. The normalized spacial score (nSPS) is 11.6. The van der Waals surface area contributed by atoms with E-state index in [-0.39, 0.29) is 12.1 Å². The van der Waals surface area contributed by atoms with Crippen LogP contribution in [0.4, 0.5) is 22.0 Å². The van der Waals surface area contributed by atoms with Gasteiger partial charge in [-0.25, -0.2) is 0 Å². The van der Waals surface area contributed by atoms with E-state index in [4.69, 9.17) is 0 Å². The summed E-state index contributed by atoms with van der Waals surface area (Å²) in [5.74, 6) is -1.48. The summed E-state index contributed by atoms with van der Waals surface area (Å²) in [6.07, 6.45) is -6.84. The first-order valence-corrected chi connectivity index (χ1v) is 4.38. The summed E-state index contributed by atoms with van der Waals surface area (Å²) in [5, 5.41) is 1.85. The van der Waals surface area contributed by atoms with Gasteiger partial charge in [-0.1, -0.05) is 6.07 Å². The molecule has 0 aliphatic rings. The standard InChI is InChI=1S/C9H7F5N2O/c10-7(11)8(17)16-4-5-1-2-6(15-3-5)9(12,13)14/h1-3,7H,4H2,(H,16,17). The van der Waals surface area contributed by atoms with Crippen LogP contribution in [0.5, 0.6) is 0 Å². The summed E-state index contributed by atoms with van der Waals surface area (Å²) >= 11 is 0. The van der Waals surface area contributed by atoms with Crippen LogP contribution in [0.1, 0.15) is 11.3 Å². The van der Waals surface area contributed by atoms with Crippen LogP contribution in [0, 0.1) is 0 Å². The van der Waals surface area contributed by atoms with Crippen LogP contribution in [0.2, 0.25) is 0 Å². The quantitative estimate of drug-likeness (QED) is 0.838. The van der Waals surface area contributed by atoms with Gasteiger partial charge in [-0.05, 0) is 11.6 Å². The number of hydrogen-bond donors (Lipinski definition) is 1. The highest BCUT2D eigenvalue weighted by Gasteiger charge is 2.31. The van der Waals surface area contributed by atoms with E-state index < -0.39 is 24.2 Å². The summed E-state index contributed by atoms with van der Waals surface area (Å²) < 4.78 is 59.9. The fraction of sp³-hybridized carbons (Fsp3) is 0.333. The Morgan fingerprint density at radius 3 is 2.41 bits per heavy atom. The van der Waals surface area contributed by atoms with E-state index in [2.05, 4.69) is 4.98 Å². The molecule has 0 bridgehead atoms. The van der Waals surface area contributed by atoms with Crippen LogP contribution in [0.3, 0.4) is 0 Å². The molecule has 1 rings (SSSR count). The Bertz CT molecular complexity index is 387. The van der Waals surface area contributed by atoms with Gasteiger partial charge in [-0.2, -0.15) is 22.0 Å². The number of nitrogens with one attached hydrogen (secondary N) is 1. The van der Waals surface area contributed by atoms with Gasteiger partial charge >= 0.3 is 12.6 Å². The highest BCUT2D eigenvalue weighted by atomic mass is 19.4. The molecule has 1 aromatic heterocycles. The summed E-state index contributed by atoms with van der Waals surface area (Å²) in [4.78, 5) is 13.6. The number of rotatable bonds is 3. The van der Waals surface area contributed by atoms with Crippen LogP contribution >= 0.6 is 0 Å². The third-order valence-corrected chi connectivity index (χ3v) is 1.78. The van der Waals surface area contributed by atoms with Gasteiger partial charge in [0.2, 0.25) is 0 Å². The second kappa shape index (κ2) is 5.07. The van der Waals surface area contributed by atoms with E-state index in [1.807, 2.05) is 5.32 Å². The number of carbonyl (C=O) groups is 1. The SMILES string of the molecule is O=C(NCc1ccc(C(F)(F)F)nc1)C(F)F. The molecule has 0 unspecified atom stereocenters. The number of amides is 1. The Morgan fingerprint density at radius 1 is 1.35 bits per heavy atom. The van der Waals surface area contributed by atoms with Crippen molar-refractivity contribution in [1.82, 2.24) is 10.3 Å². The third-order valence-electron chi connectivity index (χ3n) is 1.78. The molecule has 94 valence electrons. The molecule has 0 saturated carbocycles. The summed E-state index contributed by atoms with van der Waals surface area (Å²) in [6, 6.07) is 1.77. The van der Waals surface area contributed by atoms with Gasteiger partial charge < -0.3 is 5.32 Å². The van der Waals surface area contributed by atoms with Gasteiger partial charge in [0.15, 0.2) is 0 Å². The Morgan fingerprint density at radius 2 is 2.00 bits per heavy atom. The molecular formula is C9H7F5N2O. The van der Waals surface area contributed by atoms with Crippen LogP contribution < -0.4 is 5.32 Å². The Kier molecular flexibility index (Phi) is 3.97. The zero-order chi connectivity index (χ0) is 13.1. The first kappa shape index (κ1) is 13.3. The summed E-state index contributed by atoms with van der Waals surface area (Å²) in [7, 11) is 0. The predicted octanol–water partition coefficient (Wildman–Crippen LogP) is 1.98. The molecule has 1 N–H and O–H groups in total. The third kappa shape index (κ3) is 3.97. The summed E-state index contributed by atoms with van der Waals surface area (Å²) in [5.41, 5.74) is -0.881. The number of pyridine rings is 1. The number of alkyl halides is 5. The van der Waals surface area contributed by atoms with Crippen LogP contribution in [0.15, 0.2) is 18.3 Å². The molecular weight excluding hydrogens is 247 g/mol. The van der Waals surface area contributed by atoms with Crippen LogP contribution in [0.25, 0.3) is 0 Å². The van der Waals surface area contributed by atoms with Crippen molar-refractivity contribution >= 4 is 5.91 Å². The number of nitrogens with zero attached hydrogens (tertiary/aromatic N) is 1. The predicted molar refractivity (Wildman–Crippen MR) is 47.1 cm³/mol. The molecule has 0 fully saturated rings. The molecule has 0 spiro atoms. The molecule has 3 nitrogen and oxygen atoms in total. The van der Waals surface area contributed by atoms with Crippen molar-refractivity contribution in [3.63, 3.8) is 0 Å². The van der Waals surface area contributed by atoms with E-state index in [1.54, 1.807) is 0 Å². The van der Waals surface area contributed by atoms with Crippen molar-refractivity contribution < 1.29 is 26.7 Å². The van der Waals surface area contributed by atoms with Gasteiger partial charge in [0.05, 0.1) is 0 Å². The highest BCUT2D eigenvalue weighted by Crippen LogP contribution is 2.27. The van der Waals surface area contributed by atoms with Crippen molar-refractivity contribution in [2.24, 2.45) is 0 Å². The van der Waals surface area contributed by atoms with Gasteiger partial charge in [0.1, 0.15) is 5.69 Å². The second-order valence-corrected chi connectivity index (χ2v) is 3.07. The first-order chi connectivity index (χ1) is 7.80. The molecule has 0 atom stereocenters. The molecule has 0 radical (unpaired) electrons. The fourth-order valence-electron chi connectivity index (χ4n) is 0.963. The molecule has 0 aliphatic heterocycles. The van der Waals surface area contributed by atoms with Gasteiger partial charge in [0.25, 0.3) is 5.91 Å². The number of carbonyl (C=O) groups excluding carboxylic acids is 1. The number of hydrogen-bond acceptors (Lipinski definition) is 2. The van der Waals surface area contributed by atoms with Gasteiger partial charge in [-0.15, -0.1) is 0 Å². The van der Waals surface area contributed by atoms with Crippen LogP contribution in [-0.2, 0) is 17.5 Å². The minimum Gasteiger partial charge on any atom is -0.347 e.